The summed E-state index contributed by atoms with van der Waals surface area (Å²) in [5.41, 5.74) is 18.8. The largest absolute Gasteiger partial charge is 0.310 e. The van der Waals surface area contributed by atoms with Crippen LogP contribution in [0.2, 0.25) is 0 Å². The lowest BCUT2D eigenvalue weighted by Crippen LogP contribution is -2.36. The molecule has 1 aliphatic carbocycles. The fraction of sp³-hybridized carbons (Fsp3) is 0.0164. The third-order valence-electron chi connectivity index (χ3n) is 13.5. The van der Waals surface area contributed by atoms with E-state index < -0.39 is 5.41 Å². The molecule has 3 heteroatoms. The maximum Gasteiger partial charge on any atom is 0.0755 e. The second-order valence-electron chi connectivity index (χ2n) is 16.8. The Labute approximate surface area is 377 Å². The van der Waals surface area contributed by atoms with E-state index in [0.717, 1.165) is 22.7 Å². The van der Waals surface area contributed by atoms with Crippen LogP contribution in [-0.2, 0) is 5.41 Å². The number of anilines is 6. The van der Waals surface area contributed by atoms with E-state index >= 15 is 0 Å². The fourth-order valence-electron chi connectivity index (χ4n) is 10.8. The third kappa shape index (κ3) is 5.38. The van der Waals surface area contributed by atoms with Crippen LogP contribution in [0.25, 0.3) is 53.6 Å². The summed E-state index contributed by atoms with van der Waals surface area (Å²) in [4.78, 5) is 4.99. The maximum absolute atomic E-state index is 2.53. The summed E-state index contributed by atoms with van der Waals surface area (Å²) in [7, 11) is 0. The molecule has 2 nitrogen and oxygen atoms in total. The topological polar surface area (TPSA) is 6.48 Å². The van der Waals surface area contributed by atoms with Crippen LogP contribution in [0.15, 0.2) is 243 Å². The molecule has 0 saturated heterocycles. The van der Waals surface area contributed by atoms with Crippen LogP contribution >= 0.6 is 11.3 Å². The first-order valence-electron chi connectivity index (χ1n) is 22.0. The first kappa shape index (κ1) is 36.7. The predicted molar refractivity (Wildman–Crippen MR) is 270 cm³/mol. The zero-order valence-electron chi connectivity index (χ0n) is 34.9. The van der Waals surface area contributed by atoms with Crippen molar-refractivity contribution in [2.24, 2.45) is 0 Å². The number of nitrogens with zero attached hydrogens (tertiary/aromatic N) is 2. The lowest BCUT2D eigenvalue weighted by molar-refractivity contribution is 0.752. The number of thiophene rings is 1. The Balaban J connectivity index is 1.08. The van der Waals surface area contributed by atoms with Gasteiger partial charge >= 0.3 is 0 Å². The first-order valence-corrected chi connectivity index (χ1v) is 22.8. The SMILES string of the molecule is c1ccc(-c2ccc(-c3ccccc3N(c3ccc4c(c3)C3(c5ccccc5-4)c4ccccc4N(c4ccccc4)c4ccccc43)c3cccc4c3sc3ccccc34)cc2)cc1. The molecule has 0 radical (unpaired) electrons. The summed E-state index contributed by atoms with van der Waals surface area (Å²) >= 11 is 1.88. The highest BCUT2D eigenvalue weighted by molar-refractivity contribution is 7.26. The van der Waals surface area contributed by atoms with Crippen LogP contribution in [0.1, 0.15) is 22.3 Å². The first-order chi connectivity index (χ1) is 31.8. The minimum atomic E-state index is -0.581. The Morgan fingerprint density at radius 2 is 0.906 bits per heavy atom. The molecule has 1 spiro atoms. The normalized spacial score (nSPS) is 13.1. The Morgan fingerprint density at radius 3 is 1.67 bits per heavy atom. The molecule has 10 aromatic carbocycles. The average Bonchev–Trinajstić information content (AvgIpc) is 3.89. The van der Waals surface area contributed by atoms with Crippen molar-refractivity contribution in [3.63, 3.8) is 0 Å². The lowest BCUT2D eigenvalue weighted by atomic mass is 9.64. The van der Waals surface area contributed by atoms with E-state index in [0.29, 0.717) is 0 Å². The monoisotopic (exact) mass is 832 g/mol. The van der Waals surface area contributed by atoms with Crippen molar-refractivity contribution in [1.82, 2.24) is 0 Å². The third-order valence-corrected chi connectivity index (χ3v) is 14.7. The molecule has 2 aliphatic rings. The van der Waals surface area contributed by atoms with Crippen LogP contribution in [0.4, 0.5) is 34.1 Å². The van der Waals surface area contributed by atoms with Crippen LogP contribution in [0.3, 0.4) is 0 Å². The fourth-order valence-corrected chi connectivity index (χ4v) is 12.0. The molecule has 2 heterocycles. The lowest BCUT2D eigenvalue weighted by Gasteiger charge is -2.45. The van der Waals surface area contributed by atoms with Crippen molar-refractivity contribution >= 4 is 65.6 Å². The number of para-hydroxylation sites is 4. The van der Waals surface area contributed by atoms with Crippen LogP contribution in [0.5, 0.6) is 0 Å². The summed E-state index contributed by atoms with van der Waals surface area (Å²) in [6.07, 6.45) is 0. The Morgan fingerprint density at radius 1 is 0.359 bits per heavy atom. The zero-order valence-corrected chi connectivity index (χ0v) is 35.7. The molecule has 0 bridgehead atoms. The predicted octanol–water partition coefficient (Wildman–Crippen LogP) is 17.0. The summed E-state index contributed by atoms with van der Waals surface area (Å²) in [5, 5.41) is 2.56. The van der Waals surface area contributed by atoms with Gasteiger partial charge in [0.1, 0.15) is 0 Å². The van der Waals surface area contributed by atoms with Gasteiger partial charge in [-0.15, -0.1) is 11.3 Å². The highest BCUT2D eigenvalue weighted by Crippen LogP contribution is 2.64. The number of hydrogen-bond acceptors (Lipinski definition) is 3. The molecule has 13 rings (SSSR count). The Kier molecular flexibility index (Phi) is 8.34. The van der Waals surface area contributed by atoms with Gasteiger partial charge in [0, 0.05) is 32.4 Å². The standard InChI is InChI=1S/C61H40N2S/c1-3-18-41(19-4-1)42-34-36-43(37-35-42)46-22-8-13-29-55(46)63(58-32-17-25-50-49-24-9-16-33-59(49)64-60(50)58)45-38-39-48-47-23-7-10-26-51(47)61(54(48)40-45)52-27-11-14-30-56(52)62(44-20-5-2-6-21-44)57-31-15-12-28-53(57)61/h1-40H. The highest BCUT2D eigenvalue weighted by atomic mass is 32.1. The van der Waals surface area contributed by atoms with Gasteiger partial charge in [0.25, 0.3) is 0 Å². The van der Waals surface area contributed by atoms with E-state index in [4.69, 9.17) is 0 Å². The quantitative estimate of drug-likeness (QED) is 0.165. The van der Waals surface area contributed by atoms with Gasteiger partial charge < -0.3 is 9.80 Å². The molecular weight excluding hydrogens is 793 g/mol. The number of benzene rings is 10. The Bertz CT molecular complexity index is 3520. The van der Waals surface area contributed by atoms with Crippen LogP contribution in [0, 0.1) is 0 Å². The van der Waals surface area contributed by atoms with Gasteiger partial charge in [0.05, 0.1) is 32.9 Å². The van der Waals surface area contributed by atoms with Crippen molar-refractivity contribution in [3.8, 4) is 33.4 Å². The van der Waals surface area contributed by atoms with Crippen molar-refractivity contribution < 1.29 is 0 Å². The van der Waals surface area contributed by atoms with Crippen molar-refractivity contribution in [1.29, 1.82) is 0 Å². The van der Waals surface area contributed by atoms with Crippen LogP contribution < -0.4 is 9.80 Å². The average molecular weight is 833 g/mol. The molecule has 1 aliphatic heterocycles. The van der Waals surface area contributed by atoms with Gasteiger partial charge in [-0.05, 0) is 105 Å². The van der Waals surface area contributed by atoms with Gasteiger partial charge in [0.2, 0.25) is 0 Å². The second-order valence-corrected chi connectivity index (χ2v) is 17.8. The molecular formula is C61H40N2S. The van der Waals surface area contributed by atoms with Crippen molar-refractivity contribution in [3.05, 3.63) is 265 Å². The van der Waals surface area contributed by atoms with Crippen molar-refractivity contribution in [2.45, 2.75) is 5.41 Å². The molecule has 300 valence electrons. The molecule has 0 unspecified atom stereocenters. The van der Waals surface area contributed by atoms with E-state index in [1.54, 1.807) is 0 Å². The smallest absolute Gasteiger partial charge is 0.0755 e. The highest BCUT2D eigenvalue weighted by Gasteiger charge is 2.51. The van der Waals surface area contributed by atoms with E-state index in [2.05, 4.69) is 252 Å². The Hall–Kier alpha value is -7.98. The maximum atomic E-state index is 2.53. The van der Waals surface area contributed by atoms with E-state index in [1.807, 2.05) is 11.3 Å². The van der Waals surface area contributed by atoms with E-state index in [-0.39, 0.29) is 0 Å². The van der Waals surface area contributed by atoms with Gasteiger partial charge in [0.15, 0.2) is 0 Å². The van der Waals surface area contributed by atoms with Gasteiger partial charge in [-0.1, -0.05) is 188 Å². The number of rotatable bonds is 6. The summed E-state index contributed by atoms with van der Waals surface area (Å²) in [5.74, 6) is 0. The second kappa shape index (κ2) is 14.6. The summed E-state index contributed by atoms with van der Waals surface area (Å²) in [6, 6.07) is 89.6. The molecule has 64 heavy (non-hydrogen) atoms. The minimum absolute atomic E-state index is 0.581. The molecule has 1 aromatic heterocycles. The minimum Gasteiger partial charge on any atom is -0.310 e. The summed E-state index contributed by atoms with van der Waals surface area (Å²) in [6.45, 7) is 0. The molecule has 0 saturated carbocycles. The van der Waals surface area contributed by atoms with E-state index in [1.165, 1.54) is 87.2 Å². The zero-order chi connectivity index (χ0) is 42.2. The molecule has 0 amide bonds. The van der Waals surface area contributed by atoms with Gasteiger partial charge in [-0.25, -0.2) is 0 Å². The number of fused-ring (bicyclic) bond motifs is 12. The number of hydrogen-bond donors (Lipinski definition) is 0. The molecule has 0 atom stereocenters. The van der Waals surface area contributed by atoms with E-state index in [9.17, 15) is 0 Å². The molecule has 0 N–H and O–H groups in total. The summed E-state index contributed by atoms with van der Waals surface area (Å²) < 4.78 is 2.56. The van der Waals surface area contributed by atoms with Gasteiger partial charge in [-0.3, -0.25) is 0 Å². The molecule has 11 aromatic rings. The molecule has 0 fully saturated rings. The van der Waals surface area contributed by atoms with Crippen LogP contribution in [-0.4, -0.2) is 0 Å². The van der Waals surface area contributed by atoms with Crippen molar-refractivity contribution in [2.75, 3.05) is 9.80 Å². The van der Waals surface area contributed by atoms with Gasteiger partial charge in [-0.2, -0.15) is 0 Å².